The van der Waals surface area contributed by atoms with Crippen molar-refractivity contribution in [3.63, 3.8) is 0 Å². The fourth-order valence-corrected chi connectivity index (χ4v) is 4.25. The number of nitrogens with one attached hydrogen (secondary N) is 1. The van der Waals surface area contributed by atoms with E-state index in [2.05, 4.69) is 41.1 Å². The second kappa shape index (κ2) is 6.46. The van der Waals surface area contributed by atoms with Crippen molar-refractivity contribution in [1.29, 1.82) is 0 Å². The minimum atomic E-state index is -0.0176. The zero-order chi connectivity index (χ0) is 14.8. The van der Waals surface area contributed by atoms with Crippen LogP contribution in [0.1, 0.15) is 42.1 Å². The Morgan fingerprint density at radius 2 is 2.05 bits per heavy atom. The number of hydrogen-bond acceptors (Lipinski definition) is 4. The van der Waals surface area contributed by atoms with Crippen LogP contribution in [0, 0.1) is 6.92 Å². The lowest BCUT2D eigenvalue weighted by molar-refractivity contribution is -0.130. The van der Waals surface area contributed by atoms with Crippen molar-refractivity contribution in [2.24, 2.45) is 0 Å². The Morgan fingerprint density at radius 3 is 2.67 bits per heavy atom. The van der Waals surface area contributed by atoms with Gasteiger partial charge in [0.15, 0.2) is 0 Å². The second-order valence-electron chi connectivity index (χ2n) is 6.06. The summed E-state index contributed by atoms with van der Waals surface area (Å²) in [7, 11) is 0. The molecule has 0 bridgehead atoms. The molecule has 1 aromatic heterocycles. The van der Waals surface area contributed by atoms with E-state index in [1.54, 1.807) is 11.3 Å². The minimum absolute atomic E-state index is 0.0176. The molecule has 3 rings (SSSR count). The Morgan fingerprint density at radius 1 is 1.29 bits per heavy atom. The molecule has 0 saturated carbocycles. The number of carbonyl (C=O) groups is 1. The molecule has 0 spiro atoms. The molecule has 0 aromatic carbocycles. The van der Waals surface area contributed by atoms with Crippen molar-refractivity contribution in [1.82, 2.24) is 15.1 Å². The van der Waals surface area contributed by atoms with E-state index >= 15 is 0 Å². The third-order valence-electron chi connectivity index (χ3n) is 4.55. The number of carbonyl (C=O) groups excluding carboxylic acids is 1. The van der Waals surface area contributed by atoms with Crippen LogP contribution in [-0.2, 0) is 4.79 Å². The van der Waals surface area contributed by atoms with Gasteiger partial charge in [0.1, 0.15) is 6.17 Å². The highest BCUT2D eigenvalue weighted by Gasteiger charge is 2.39. The maximum Gasteiger partial charge on any atom is 0.241 e. The average molecular weight is 307 g/mol. The SMILES string of the molecule is CCC1NC(c2ccc(C)s2)N(CCN2CCCC2)C1=O. The maximum absolute atomic E-state index is 12.6. The van der Waals surface area contributed by atoms with Gasteiger partial charge >= 0.3 is 0 Å². The standard InChI is InChI=1S/C16H25N3OS/c1-3-13-16(20)19(11-10-18-8-4-5-9-18)15(17-13)14-7-6-12(2)21-14/h6-7,13,15,17H,3-5,8-11H2,1-2H3. The Kier molecular flexibility index (Phi) is 4.62. The lowest BCUT2D eigenvalue weighted by atomic mass is 10.2. The van der Waals surface area contributed by atoms with Gasteiger partial charge in [-0.2, -0.15) is 0 Å². The van der Waals surface area contributed by atoms with Crippen molar-refractivity contribution in [2.75, 3.05) is 26.2 Å². The molecule has 2 saturated heterocycles. The molecule has 5 heteroatoms. The molecular weight excluding hydrogens is 282 g/mol. The minimum Gasteiger partial charge on any atom is -0.319 e. The normalized spacial score (nSPS) is 27.0. The summed E-state index contributed by atoms with van der Waals surface area (Å²) in [5, 5.41) is 3.51. The topological polar surface area (TPSA) is 35.6 Å². The van der Waals surface area contributed by atoms with Crippen LogP contribution in [0.4, 0.5) is 0 Å². The van der Waals surface area contributed by atoms with Crippen LogP contribution in [0.25, 0.3) is 0 Å². The fraction of sp³-hybridized carbons (Fsp3) is 0.688. The third kappa shape index (κ3) is 3.15. The summed E-state index contributed by atoms with van der Waals surface area (Å²) in [6.45, 7) is 8.42. The molecule has 21 heavy (non-hydrogen) atoms. The molecule has 2 aliphatic heterocycles. The smallest absolute Gasteiger partial charge is 0.241 e. The first kappa shape index (κ1) is 15.0. The first-order chi connectivity index (χ1) is 10.2. The number of rotatable bonds is 5. The molecule has 2 atom stereocenters. The summed E-state index contributed by atoms with van der Waals surface area (Å²) >= 11 is 1.79. The molecular formula is C16H25N3OS. The molecule has 116 valence electrons. The van der Waals surface area contributed by atoms with E-state index in [4.69, 9.17) is 0 Å². The lowest BCUT2D eigenvalue weighted by Crippen LogP contribution is -2.37. The van der Waals surface area contributed by atoms with Crippen LogP contribution in [0.5, 0.6) is 0 Å². The van der Waals surface area contributed by atoms with E-state index in [0.717, 1.165) is 19.5 Å². The van der Waals surface area contributed by atoms with E-state index < -0.39 is 0 Å². The third-order valence-corrected chi connectivity index (χ3v) is 5.60. The summed E-state index contributed by atoms with van der Waals surface area (Å²) in [6, 6.07) is 4.28. The predicted molar refractivity (Wildman–Crippen MR) is 86.4 cm³/mol. The monoisotopic (exact) mass is 307 g/mol. The maximum atomic E-state index is 12.6. The Bertz CT molecular complexity index is 495. The van der Waals surface area contributed by atoms with Gasteiger partial charge in [-0.05, 0) is 51.4 Å². The predicted octanol–water partition coefficient (Wildman–Crippen LogP) is 2.36. The molecule has 0 radical (unpaired) electrons. The van der Waals surface area contributed by atoms with E-state index in [1.807, 2.05) is 0 Å². The summed E-state index contributed by atoms with van der Waals surface area (Å²) < 4.78 is 0. The van der Waals surface area contributed by atoms with Crippen LogP contribution in [0.3, 0.4) is 0 Å². The van der Waals surface area contributed by atoms with Crippen molar-refractivity contribution in [2.45, 2.75) is 45.3 Å². The highest BCUT2D eigenvalue weighted by Crippen LogP contribution is 2.31. The van der Waals surface area contributed by atoms with Crippen LogP contribution in [0.2, 0.25) is 0 Å². The second-order valence-corrected chi connectivity index (χ2v) is 7.38. The molecule has 1 N–H and O–H groups in total. The van der Waals surface area contributed by atoms with E-state index in [-0.39, 0.29) is 18.1 Å². The van der Waals surface area contributed by atoms with Gasteiger partial charge in [0, 0.05) is 22.8 Å². The van der Waals surface area contributed by atoms with E-state index in [9.17, 15) is 4.79 Å². The highest BCUT2D eigenvalue weighted by molar-refractivity contribution is 7.12. The summed E-state index contributed by atoms with van der Waals surface area (Å²) in [5.74, 6) is 0.271. The Labute approximate surface area is 131 Å². The lowest BCUT2D eigenvalue weighted by Gasteiger charge is -2.26. The number of hydrogen-bond donors (Lipinski definition) is 1. The molecule has 1 aromatic rings. The quantitative estimate of drug-likeness (QED) is 0.907. The average Bonchev–Trinajstić information content (AvgIpc) is 3.17. The first-order valence-corrected chi connectivity index (χ1v) is 8.86. The van der Waals surface area contributed by atoms with Gasteiger partial charge in [-0.1, -0.05) is 6.92 Å². The molecule has 3 heterocycles. The number of nitrogens with zero attached hydrogens (tertiary/aromatic N) is 2. The fourth-order valence-electron chi connectivity index (χ4n) is 3.30. The van der Waals surface area contributed by atoms with Crippen LogP contribution in [-0.4, -0.2) is 47.9 Å². The van der Waals surface area contributed by atoms with Gasteiger partial charge in [0.05, 0.1) is 6.04 Å². The number of amides is 1. The zero-order valence-corrected chi connectivity index (χ0v) is 13.8. The largest absolute Gasteiger partial charge is 0.319 e. The zero-order valence-electron chi connectivity index (χ0n) is 13.0. The van der Waals surface area contributed by atoms with E-state index in [0.29, 0.717) is 0 Å². The van der Waals surface area contributed by atoms with Crippen LogP contribution >= 0.6 is 11.3 Å². The van der Waals surface area contributed by atoms with Crippen molar-refractivity contribution < 1.29 is 4.79 Å². The van der Waals surface area contributed by atoms with Crippen LogP contribution in [0.15, 0.2) is 12.1 Å². The van der Waals surface area contributed by atoms with Gasteiger partial charge in [-0.25, -0.2) is 0 Å². The number of likely N-dealkylation sites (tertiary alicyclic amines) is 1. The molecule has 0 aliphatic carbocycles. The van der Waals surface area contributed by atoms with Gasteiger partial charge in [0.25, 0.3) is 0 Å². The first-order valence-electron chi connectivity index (χ1n) is 8.04. The van der Waals surface area contributed by atoms with Crippen molar-refractivity contribution in [3.8, 4) is 0 Å². The van der Waals surface area contributed by atoms with Gasteiger partial charge in [-0.15, -0.1) is 11.3 Å². The highest BCUT2D eigenvalue weighted by atomic mass is 32.1. The molecule has 1 amide bonds. The van der Waals surface area contributed by atoms with Gasteiger partial charge in [-0.3, -0.25) is 10.1 Å². The number of aryl methyl sites for hydroxylation is 1. The van der Waals surface area contributed by atoms with E-state index in [1.165, 1.54) is 35.7 Å². The van der Waals surface area contributed by atoms with Gasteiger partial charge in [0.2, 0.25) is 5.91 Å². The Balaban J connectivity index is 1.71. The van der Waals surface area contributed by atoms with Crippen molar-refractivity contribution >= 4 is 17.2 Å². The molecule has 4 nitrogen and oxygen atoms in total. The van der Waals surface area contributed by atoms with Crippen molar-refractivity contribution in [3.05, 3.63) is 21.9 Å². The number of thiophene rings is 1. The Hall–Kier alpha value is -0.910. The molecule has 2 aliphatic rings. The summed E-state index contributed by atoms with van der Waals surface area (Å²) in [6.07, 6.45) is 3.54. The van der Waals surface area contributed by atoms with Crippen LogP contribution < -0.4 is 5.32 Å². The summed E-state index contributed by atoms with van der Waals surface area (Å²) in [4.78, 5) is 19.7. The summed E-state index contributed by atoms with van der Waals surface area (Å²) in [5.41, 5.74) is 0. The molecule has 2 fully saturated rings. The molecule has 2 unspecified atom stereocenters. The van der Waals surface area contributed by atoms with Gasteiger partial charge < -0.3 is 9.80 Å².